The number of hydrogen-bond donors (Lipinski definition) is 0. The fourth-order valence-corrected chi connectivity index (χ4v) is 2.18. The number of thiazole rings is 1. The summed E-state index contributed by atoms with van der Waals surface area (Å²) in [6, 6.07) is 0.922. The normalized spacial score (nSPS) is 12.2. The highest BCUT2D eigenvalue weighted by Crippen LogP contribution is 2.29. The predicted octanol–water partition coefficient (Wildman–Crippen LogP) is 2.87. The first-order valence-electron chi connectivity index (χ1n) is 4.87. The first-order chi connectivity index (χ1) is 8.55. The zero-order valence-corrected chi connectivity index (χ0v) is 9.53. The molecule has 0 N–H and O–H groups in total. The van der Waals surface area contributed by atoms with Gasteiger partial charge in [0.1, 0.15) is 16.4 Å². The van der Waals surface area contributed by atoms with E-state index in [9.17, 15) is 13.2 Å². The molecule has 92 valence electrons. The summed E-state index contributed by atoms with van der Waals surface area (Å²) in [6.07, 6.45) is -0.0812. The number of alkyl halides is 3. The molecule has 0 saturated heterocycles. The van der Waals surface area contributed by atoms with Crippen molar-refractivity contribution in [3.8, 4) is 10.7 Å². The molecule has 0 amide bonds. The highest BCUT2D eigenvalue weighted by atomic mass is 32.1. The van der Waals surface area contributed by atoms with E-state index in [1.54, 1.807) is 11.6 Å². The van der Waals surface area contributed by atoms with E-state index < -0.39 is 11.9 Å². The maximum absolute atomic E-state index is 12.5. The Morgan fingerprint density at radius 1 is 1.22 bits per heavy atom. The Morgan fingerprint density at radius 2 is 2.06 bits per heavy atom. The van der Waals surface area contributed by atoms with Gasteiger partial charge in [0, 0.05) is 17.8 Å². The third-order valence-corrected chi connectivity index (χ3v) is 3.12. The van der Waals surface area contributed by atoms with Crippen molar-refractivity contribution in [3.05, 3.63) is 35.7 Å². The molecule has 0 aromatic carbocycles. The largest absolute Gasteiger partial charge is 0.433 e. The fraction of sp³-hybridized carbons (Fsp3) is 0.100. The van der Waals surface area contributed by atoms with Crippen molar-refractivity contribution in [2.45, 2.75) is 6.18 Å². The van der Waals surface area contributed by atoms with Crippen molar-refractivity contribution in [1.82, 2.24) is 19.4 Å². The van der Waals surface area contributed by atoms with Gasteiger partial charge in [0.05, 0.1) is 6.20 Å². The summed E-state index contributed by atoms with van der Waals surface area (Å²) in [6.45, 7) is 0. The second-order valence-corrected chi connectivity index (χ2v) is 4.36. The molecule has 0 radical (unpaired) electrons. The van der Waals surface area contributed by atoms with Crippen LogP contribution in [0.5, 0.6) is 0 Å². The Kier molecular flexibility index (Phi) is 2.34. The number of nitrogens with zero attached hydrogens (tertiary/aromatic N) is 4. The molecule has 3 aromatic heterocycles. The van der Waals surface area contributed by atoms with Gasteiger partial charge < -0.3 is 0 Å². The molecule has 0 fully saturated rings. The van der Waals surface area contributed by atoms with Crippen LogP contribution in [0.2, 0.25) is 0 Å². The number of fused-ring (bicyclic) bond motifs is 1. The average Bonchev–Trinajstić information content (AvgIpc) is 2.95. The van der Waals surface area contributed by atoms with E-state index in [0.29, 0.717) is 10.7 Å². The molecule has 0 bridgehead atoms. The first kappa shape index (κ1) is 11.1. The third-order valence-electron chi connectivity index (χ3n) is 2.32. The van der Waals surface area contributed by atoms with Crippen molar-refractivity contribution in [2.75, 3.05) is 0 Å². The smallest absolute Gasteiger partial charge is 0.281 e. The monoisotopic (exact) mass is 270 g/mol. The Labute approximate surface area is 103 Å². The molecule has 0 spiro atoms. The Morgan fingerprint density at radius 3 is 2.72 bits per heavy atom. The number of rotatable bonds is 1. The molecule has 0 unspecified atom stereocenters. The molecule has 3 heterocycles. The highest BCUT2D eigenvalue weighted by molar-refractivity contribution is 7.13. The average molecular weight is 270 g/mol. The number of hydrogen-bond acceptors (Lipinski definition) is 4. The molecule has 4 nitrogen and oxygen atoms in total. The van der Waals surface area contributed by atoms with Gasteiger partial charge in [-0.3, -0.25) is 4.40 Å². The molecular weight excluding hydrogens is 265 g/mol. The van der Waals surface area contributed by atoms with E-state index in [0.717, 1.165) is 6.07 Å². The minimum Gasteiger partial charge on any atom is -0.281 e. The van der Waals surface area contributed by atoms with E-state index in [2.05, 4.69) is 15.0 Å². The van der Waals surface area contributed by atoms with Crippen LogP contribution in [0.25, 0.3) is 16.5 Å². The van der Waals surface area contributed by atoms with Crippen LogP contribution in [-0.4, -0.2) is 19.4 Å². The van der Waals surface area contributed by atoms with Crippen LogP contribution in [0.15, 0.2) is 30.0 Å². The van der Waals surface area contributed by atoms with Gasteiger partial charge in [-0.1, -0.05) is 0 Å². The van der Waals surface area contributed by atoms with Crippen LogP contribution >= 0.6 is 11.3 Å². The van der Waals surface area contributed by atoms with E-state index in [-0.39, 0.29) is 5.78 Å². The minimum atomic E-state index is -4.46. The summed E-state index contributed by atoms with van der Waals surface area (Å²) in [7, 11) is 0. The van der Waals surface area contributed by atoms with Gasteiger partial charge in [-0.2, -0.15) is 13.2 Å². The standard InChI is InChI=1S/C10H5F3N4S/c11-10(12,13)7-1-3-17-6(5-15-9(17)16-7)8-14-2-4-18-8/h1-5H. The number of halogens is 3. The number of aromatic nitrogens is 4. The van der Waals surface area contributed by atoms with Crippen molar-refractivity contribution in [2.24, 2.45) is 0 Å². The molecule has 0 saturated carbocycles. The van der Waals surface area contributed by atoms with Crippen molar-refractivity contribution < 1.29 is 13.2 Å². The SMILES string of the molecule is FC(F)(F)c1ccn2c(-c3nccs3)cnc2n1. The second kappa shape index (κ2) is 3.77. The zero-order chi connectivity index (χ0) is 12.8. The van der Waals surface area contributed by atoms with Crippen LogP contribution in [0.4, 0.5) is 13.2 Å². The number of imidazole rings is 1. The van der Waals surface area contributed by atoms with E-state index >= 15 is 0 Å². The van der Waals surface area contributed by atoms with Gasteiger partial charge in [0.25, 0.3) is 0 Å². The maximum atomic E-state index is 12.5. The van der Waals surface area contributed by atoms with E-state index in [1.165, 1.54) is 28.1 Å². The summed E-state index contributed by atoms with van der Waals surface area (Å²) in [5.41, 5.74) is -0.326. The Balaban J connectivity index is 2.17. The molecule has 0 atom stereocenters. The van der Waals surface area contributed by atoms with Crippen molar-refractivity contribution >= 4 is 17.1 Å². The fourth-order valence-electron chi connectivity index (χ4n) is 1.54. The lowest BCUT2D eigenvalue weighted by Crippen LogP contribution is -2.09. The molecule has 3 rings (SSSR count). The lowest BCUT2D eigenvalue weighted by molar-refractivity contribution is -0.141. The molecule has 3 aromatic rings. The molecule has 0 aliphatic carbocycles. The molecular formula is C10H5F3N4S. The lowest BCUT2D eigenvalue weighted by Gasteiger charge is -2.05. The quantitative estimate of drug-likeness (QED) is 0.683. The van der Waals surface area contributed by atoms with Crippen LogP contribution < -0.4 is 0 Å². The summed E-state index contributed by atoms with van der Waals surface area (Å²) in [5, 5.41) is 2.47. The van der Waals surface area contributed by atoms with Crippen LogP contribution in [0, 0.1) is 0 Å². The van der Waals surface area contributed by atoms with Gasteiger partial charge in [-0.05, 0) is 6.07 Å². The Bertz CT molecular complexity index is 687. The summed E-state index contributed by atoms with van der Waals surface area (Å²) in [4.78, 5) is 11.4. The predicted molar refractivity (Wildman–Crippen MR) is 59.1 cm³/mol. The van der Waals surface area contributed by atoms with Crippen LogP contribution in [0.3, 0.4) is 0 Å². The van der Waals surface area contributed by atoms with Gasteiger partial charge in [0.2, 0.25) is 5.78 Å². The van der Waals surface area contributed by atoms with Gasteiger partial charge in [-0.15, -0.1) is 11.3 Å². The maximum Gasteiger partial charge on any atom is 0.433 e. The second-order valence-electron chi connectivity index (χ2n) is 3.46. The van der Waals surface area contributed by atoms with Crippen molar-refractivity contribution in [1.29, 1.82) is 0 Å². The van der Waals surface area contributed by atoms with E-state index in [1.807, 2.05) is 0 Å². The zero-order valence-electron chi connectivity index (χ0n) is 8.72. The third kappa shape index (κ3) is 1.74. The first-order valence-corrected chi connectivity index (χ1v) is 5.75. The molecule has 8 heteroatoms. The lowest BCUT2D eigenvalue weighted by atomic mass is 10.4. The summed E-state index contributed by atoms with van der Waals surface area (Å²) in [5.74, 6) is 0.00928. The topological polar surface area (TPSA) is 43.1 Å². The molecule has 18 heavy (non-hydrogen) atoms. The van der Waals surface area contributed by atoms with Gasteiger partial charge >= 0.3 is 6.18 Å². The highest BCUT2D eigenvalue weighted by Gasteiger charge is 2.33. The minimum absolute atomic E-state index is 0.00928. The molecule has 0 aliphatic rings. The van der Waals surface area contributed by atoms with Gasteiger partial charge in [0.15, 0.2) is 0 Å². The van der Waals surface area contributed by atoms with Gasteiger partial charge in [-0.25, -0.2) is 15.0 Å². The van der Waals surface area contributed by atoms with E-state index in [4.69, 9.17) is 0 Å². The van der Waals surface area contributed by atoms with Crippen LogP contribution in [-0.2, 0) is 6.18 Å². The summed E-state index contributed by atoms with van der Waals surface area (Å²) >= 11 is 1.38. The van der Waals surface area contributed by atoms with Crippen LogP contribution in [0.1, 0.15) is 5.69 Å². The summed E-state index contributed by atoms with van der Waals surface area (Å²) < 4.78 is 38.9. The molecule has 0 aliphatic heterocycles. The Hall–Kier alpha value is -1.96. The van der Waals surface area contributed by atoms with Crippen molar-refractivity contribution in [3.63, 3.8) is 0 Å².